The van der Waals surface area contributed by atoms with Crippen LogP contribution in [0, 0.1) is 6.92 Å². The van der Waals surface area contributed by atoms with Crippen molar-refractivity contribution < 1.29 is 9.15 Å². The van der Waals surface area contributed by atoms with Gasteiger partial charge in [0.25, 0.3) is 0 Å². The zero-order valence-corrected chi connectivity index (χ0v) is 11.4. The number of rotatable bonds is 4. The molecule has 0 saturated carbocycles. The molecule has 102 valence electrons. The lowest BCUT2D eigenvalue weighted by Gasteiger charge is -2.06. The van der Waals surface area contributed by atoms with Gasteiger partial charge >= 0.3 is 0 Å². The van der Waals surface area contributed by atoms with Gasteiger partial charge in [-0.05, 0) is 36.2 Å². The number of hydrogen-bond acceptors (Lipinski definition) is 3. The first-order chi connectivity index (χ1) is 9.78. The monoisotopic (exact) mass is 267 g/mol. The van der Waals surface area contributed by atoms with Crippen molar-refractivity contribution >= 4 is 11.0 Å². The maximum atomic E-state index is 5.83. The number of aryl methyl sites for hydroxylation is 1. The minimum absolute atomic E-state index is 0.417. The van der Waals surface area contributed by atoms with Crippen molar-refractivity contribution in [2.45, 2.75) is 20.1 Å². The van der Waals surface area contributed by atoms with Gasteiger partial charge in [-0.15, -0.1) is 0 Å². The number of fused-ring (bicyclic) bond motifs is 1. The predicted octanol–water partition coefficient (Wildman–Crippen LogP) is 3.78. The van der Waals surface area contributed by atoms with Crippen molar-refractivity contribution in [3.63, 3.8) is 0 Å². The summed E-state index contributed by atoms with van der Waals surface area (Å²) >= 11 is 0. The van der Waals surface area contributed by atoms with Gasteiger partial charge in [0.05, 0.1) is 6.54 Å². The van der Waals surface area contributed by atoms with Crippen LogP contribution in [-0.2, 0) is 13.2 Å². The van der Waals surface area contributed by atoms with E-state index in [4.69, 9.17) is 14.9 Å². The van der Waals surface area contributed by atoms with E-state index in [9.17, 15) is 0 Å². The van der Waals surface area contributed by atoms with Gasteiger partial charge in [0.1, 0.15) is 23.7 Å². The first-order valence-electron chi connectivity index (χ1n) is 6.67. The molecule has 3 aromatic rings. The van der Waals surface area contributed by atoms with Crippen molar-refractivity contribution in [2.24, 2.45) is 5.73 Å². The third kappa shape index (κ3) is 2.40. The van der Waals surface area contributed by atoms with Crippen LogP contribution in [0.25, 0.3) is 11.0 Å². The molecule has 0 aliphatic rings. The molecule has 0 bridgehead atoms. The SMILES string of the molecule is Cc1c(CN)oc2ccc(OCc3ccccc3)cc12. The Balaban J connectivity index is 1.84. The zero-order valence-electron chi connectivity index (χ0n) is 11.4. The lowest BCUT2D eigenvalue weighted by molar-refractivity contribution is 0.306. The highest BCUT2D eigenvalue weighted by atomic mass is 16.5. The van der Waals surface area contributed by atoms with E-state index in [0.717, 1.165) is 33.6 Å². The molecule has 2 aromatic carbocycles. The van der Waals surface area contributed by atoms with E-state index in [1.807, 2.05) is 55.5 Å². The van der Waals surface area contributed by atoms with Gasteiger partial charge in [0, 0.05) is 5.39 Å². The molecule has 20 heavy (non-hydrogen) atoms. The number of furan rings is 1. The predicted molar refractivity (Wildman–Crippen MR) is 79.6 cm³/mol. The second-order valence-electron chi connectivity index (χ2n) is 4.79. The zero-order chi connectivity index (χ0) is 13.9. The molecule has 3 rings (SSSR count). The Morgan fingerprint density at radius 2 is 1.90 bits per heavy atom. The topological polar surface area (TPSA) is 48.4 Å². The lowest BCUT2D eigenvalue weighted by Crippen LogP contribution is -1.95. The van der Waals surface area contributed by atoms with E-state index in [0.29, 0.717) is 13.2 Å². The van der Waals surface area contributed by atoms with Gasteiger partial charge in [0.2, 0.25) is 0 Å². The lowest BCUT2D eigenvalue weighted by atomic mass is 10.1. The minimum Gasteiger partial charge on any atom is -0.489 e. The number of ether oxygens (including phenoxy) is 1. The van der Waals surface area contributed by atoms with E-state index < -0.39 is 0 Å². The molecule has 0 fully saturated rings. The van der Waals surface area contributed by atoms with Crippen LogP contribution in [0.15, 0.2) is 52.9 Å². The van der Waals surface area contributed by atoms with Crippen LogP contribution < -0.4 is 10.5 Å². The Morgan fingerprint density at radius 3 is 2.65 bits per heavy atom. The van der Waals surface area contributed by atoms with Gasteiger partial charge in [-0.2, -0.15) is 0 Å². The smallest absolute Gasteiger partial charge is 0.134 e. The molecule has 0 radical (unpaired) electrons. The summed E-state index contributed by atoms with van der Waals surface area (Å²) < 4.78 is 11.5. The van der Waals surface area contributed by atoms with E-state index in [2.05, 4.69) is 0 Å². The average Bonchev–Trinajstić information content (AvgIpc) is 2.82. The first-order valence-corrected chi connectivity index (χ1v) is 6.67. The Kier molecular flexibility index (Phi) is 3.44. The maximum absolute atomic E-state index is 5.83. The average molecular weight is 267 g/mol. The van der Waals surface area contributed by atoms with E-state index in [1.165, 1.54) is 0 Å². The van der Waals surface area contributed by atoms with Crippen molar-refractivity contribution in [3.8, 4) is 5.75 Å². The van der Waals surface area contributed by atoms with Gasteiger partial charge < -0.3 is 14.9 Å². The first kappa shape index (κ1) is 12.8. The molecule has 3 nitrogen and oxygen atoms in total. The molecule has 0 amide bonds. The Hall–Kier alpha value is -2.26. The van der Waals surface area contributed by atoms with Gasteiger partial charge in [-0.1, -0.05) is 30.3 Å². The van der Waals surface area contributed by atoms with Crippen molar-refractivity contribution in [2.75, 3.05) is 0 Å². The maximum Gasteiger partial charge on any atom is 0.134 e. The molecule has 0 spiro atoms. The molecular weight excluding hydrogens is 250 g/mol. The second-order valence-corrected chi connectivity index (χ2v) is 4.79. The van der Waals surface area contributed by atoms with Crippen LogP contribution in [0.3, 0.4) is 0 Å². The van der Waals surface area contributed by atoms with Crippen molar-refractivity contribution in [1.29, 1.82) is 0 Å². The largest absolute Gasteiger partial charge is 0.489 e. The van der Waals surface area contributed by atoms with Crippen LogP contribution in [0.2, 0.25) is 0 Å². The van der Waals surface area contributed by atoms with Gasteiger partial charge in [0.15, 0.2) is 0 Å². The summed E-state index contributed by atoms with van der Waals surface area (Å²) in [5.74, 6) is 1.68. The molecule has 1 aromatic heterocycles. The fourth-order valence-corrected chi connectivity index (χ4v) is 2.28. The van der Waals surface area contributed by atoms with Crippen LogP contribution >= 0.6 is 0 Å². The van der Waals surface area contributed by atoms with Crippen LogP contribution in [-0.4, -0.2) is 0 Å². The molecule has 3 heteroatoms. The summed E-state index contributed by atoms with van der Waals surface area (Å²) in [7, 11) is 0. The van der Waals surface area contributed by atoms with E-state index in [-0.39, 0.29) is 0 Å². The molecule has 2 N–H and O–H groups in total. The molecule has 0 aliphatic carbocycles. The number of nitrogens with two attached hydrogens (primary N) is 1. The summed E-state index contributed by atoms with van der Waals surface area (Å²) in [6, 6.07) is 16.0. The standard InChI is InChI=1S/C17H17NO2/c1-12-15-9-14(7-8-16(15)20-17(12)10-18)19-11-13-5-3-2-4-6-13/h2-9H,10-11,18H2,1H3. The Bertz CT molecular complexity index is 716. The second kappa shape index (κ2) is 5.39. The summed E-state index contributed by atoms with van der Waals surface area (Å²) in [5, 5.41) is 1.07. The highest BCUT2D eigenvalue weighted by molar-refractivity contribution is 5.83. The molecule has 0 aliphatic heterocycles. The van der Waals surface area contributed by atoms with Crippen LogP contribution in [0.1, 0.15) is 16.9 Å². The summed E-state index contributed by atoms with van der Waals surface area (Å²) in [6.07, 6.45) is 0. The van der Waals surface area contributed by atoms with Crippen LogP contribution in [0.4, 0.5) is 0 Å². The molecule has 0 unspecified atom stereocenters. The van der Waals surface area contributed by atoms with E-state index >= 15 is 0 Å². The Morgan fingerprint density at radius 1 is 1.10 bits per heavy atom. The van der Waals surface area contributed by atoms with Gasteiger partial charge in [-0.3, -0.25) is 0 Å². The van der Waals surface area contributed by atoms with Crippen molar-refractivity contribution in [3.05, 3.63) is 65.4 Å². The normalized spacial score (nSPS) is 10.9. The third-order valence-electron chi connectivity index (χ3n) is 3.44. The highest BCUT2D eigenvalue weighted by Gasteiger charge is 2.09. The van der Waals surface area contributed by atoms with Crippen molar-refractivity contribution in [1.82, 2.24) is 0 Å². The molecule has 1 heterocycles. The minimum atomic E-state index is 0.417. The highest BCUT2D eigenvalue weighted by Crippen LogP contribution is 2.28. The Labute approximate surface area is 118 Å². The third-order valence-corrected chi connectivity index (χ3v) is 3.44. The number of benzene rings is 2. The molecule has 0 atom stereocenters. The molecular formula is C17H17NO2. The van der Waals surface area contributed by atoms with Gasteiger partial charge in [-0.25, -0.2) is 0 Å². The summed E-state index contributed by atoms with van der Waals surface area (Å²) in [6.45, 7) is 3.00. The van der Waals surface area contributed by atoms with Crippen LogP contribution in [0.5, 0.6) is 5.75 Å². The summed E-state index contributed by atoms with van der Waals surface area (Å²) in [4.78, 5) is 0. The van der Waals surface area contributed by atoms with E-state index in [1.54, 1.807) is 0 Å². The number of hydrogen-bond donors (Lipinski definition) is 1. The quantitative estimate of drug-likeness (QED) is 0.782. The fraction of sp³-hybridized carbons (Fsp3) is 0.176. The summed E-state index contributed by atoms with van der Waals surface area (Å²) in [5.41, 5.74) is 8.76. The molecule has 0 saturated heterocycles. The fourth-order valence-electron chi connectivity index (χ4n) is 2.28.